The molecule has 6 atom stereocenters. The summed E-state index contributed by atoms with van der Waals surface area (Å²) >= 11 is 13.9. The van der Waals surface area contributed by atoms with Gasteiger partial charge in [0.2, 0.25) is 17.6 Å². The number of amides is 4. The summed E-state index contributed by atoms with van der Waals surface area (Å²) in [5.74, 6) is -26.2. The molecule has 10 nitrogen and oxygen atoms in total. The molecule has 1 saturated carbocycles. The largest absolute Gasteiger partial charge is 0.505 e. The predicted molar refractivity (Wildman–Crippen MR) is 160 cm³/mol. The van der Waals surface area contributed by atoms with Crippen LogP contribution in [0.3, 0.4) is 0 Å². The molecule has 258 valence electrons. The smallest absolute Gasteiger partial charge is 0.271 e. The van der Waals surface area contributed by atoms with Crippen molar-refractivity contribution in [2.75, 3.05) is 9.80 Å². The number of hydrogen-bond acceptors (Lipinski definition) is 7. The van der Waals surface area contributed by atoms with Crippen LogP contribution in [0, 0.1) is 62.8 Å². The molecule has 2 saturated heterocycles. The van der Waals surface area contributed by atoms with Crippen LogP contribution in [0.5, 0.6) is 5.75 Å². The molecule has 4 amide bonds. The topological polar surface area (TPSA) is 138 Å². The van der Waals surface area contributed by atoms with Gasteiger partial charge >= 0.3 is 0 Å². The third kappa shape index (κ3) is 4.11. The van der Waals surface area contributed by atoms with E-state index in [9.17, 15) is 52.0 Å². The Bertz CT molecular complexity index is 2140. The number of alkyl halides is 2. The molecule has 50 heavy (non-hydrogen) atoms. The molecule has 6 unspecified atom stereocenters. The van der Waals surface area contributed by atoms with E-state index in [1.165, 1.54) is 18.2 Å². The lowest BCUT2D eigenvalue weighted by Crippen LogP contribution is -2.60. The monoisotopic (exact) mass is 739 g/mol. The molecule has 0 aromatic heterocycles. The van der Waals surface area contributed by atoms with Crippen molar-refractivity contribution >= 4 is 63.9 Å². The van der Waals surface area contributed by atoms with Gasteiger partial charge < -0.3 is 5.11 Å². The molecule has 2 aliphatic heterocycles. The molecule has 0 bridgehead atoms. The third-order valence-electron chi connectivity index (χ3n) is 9.85. The molecule has 7 rings (SSSR count). The summed E-state index contributed by atoms with van der Waals surface area (Å²) in [6.07, 6.45) is 0.267. The van der Waals surface area contributed by atoms with Gasteiger partial charge in [0.05, 0.1) is 22.4 Å². The van der Waals surface area contributed by atoms with Crippen LogP contribution in [0.15, 0.2) is 54.1 Å². The van der Waals surface area contributed by atoms with Crippen LogP contribution in [0.25, 0.3) is 0 Å². The Balaban J connectivity index is 1.43. The first kappa shape index (κ1) is 33.5. The number of nitrogens with zero attached hydrogens (tertiary/aromatic N) is 3. The summed E-state index contributed by atoms with van der Waals surface area (Å²) in [6, 6.07) is 7.56. The number of allylic oxidation sites excluding steroid dienone is 2. The predicted octanol–water partition coefficient (Wildman–Crippen LogP) is 5.90. The number of phenols is 1. The minimum Gasteiger partial charge on any atom is -0.505 e. The SMILES string of the molecule is O=C1C2CC=C3C(CC4(Cl)C(=O)N(c5c(F)c(F)c(F)c(F)c5F)C(=O)C4(Cl)C3c3cccc(F)c3O)C2C(=O)N1c1cccc([N+](=O)[O-])c1. The number of hydrogen-bond donors (Lipinski definition) is 1. The molecule has 3 fully saturated rings. The van der Waals surface area contributed by atoms with E-state index in [0.717, 1.165) is 30.3 Å². The van der Waals surface area contributed by atoms with Gasteiger partial charge in [-0.25, -0.2) is 36.1 Å². The van der Waals surface area contributed by atoms with Crippen LogP contribution in [0.2, 0.25) is 0 Å². The molecular formula is C32H17Cl2F6N3O7. The lowest BCUT2D eigenvalue weighted by Gasteiger charge is -2.50. The standard InChI is InChI=1S/C32H17Cl2F6N3O7/c33-31-10-16-13(7-8-14-18(16)28(46)41(27(14)45)11-3-1-4-12(9-11)43(49)50)19(15-5-2-6-17(35)26(15)44)32(31,34)30(48)42(29(31)47)25-23(39)21(37)20(36)22(38)24(25)40/h1-7,9,14,16,18-19,44H,8,10H2. The van der Waals surface area contributed by atoms with E-state index < -0.39 is 131 Å². The fraction of sp³-hybridized carbons (Fsp3) is 0.250. The van der Waals surface area contributed by atoms with Crippen LogP contribution < -0.4 is 9.80 Å². The van der Waals surface area contributed by atoms with Gasteiger partial charge in [0.25, 0.3) is 17.5 Å². The highest BCUT2D eigenvalue weighted by molar-refractivity contribution is 6.58. The van der Waals surface area contributed by atoms with Crippen molar-refractivity contribution in [2.24, 2.45) is 17.8 Å². The maximum Gasteiger partial charge on any atom is 0.271 e. The number of carbonyl (C=O) groups excluding carboxylic acids is 4. The number of phenolic OH excluding ortho intramolecular Hbond substituents is 1. The first-order valence-electron chi connectivity index (χ1n) is 14.6. The lowest BCUT2D eigenvalue weighted by molar-refractivity contribution is -0.384. The second-order valence-electron chi connectivity index (χ2n) is 12.2. The number of anilines is 2. The summed E-state index contributed by atoms with van der Waals surface area (Å²) in [5, 5.41) is 22.3. The van der Waals surface area contributed by atoms with Crippen molar-refractivity contribution in [3.8, 4) is 5.75 Å². The number of halogens is 8. The zero-order chi connectivity index (χ0) is 36.4. The highest BCUT2D eigenvalue weighted by Crippen LogP contribution is 2.67. The van der Waals surface area contributed by atoms with Crippen molar-refractivity contribution in [3.63, 3.8) is 0 Å². The average molecular weight is 740 g/mol. The van der Waals surface area contributed by atoms with Crippen LogP contribution in [0.1, 0.15) is 24.3 Å². The minimum absolute atomic E-state index is 0.0270. The Hall–Kier alpha value is -4.96. The fourth-order valence-electron chi connectivity index (χ4n) is 7.68. The van der Waals surface area contributed by atoms with Gasteiger partial charge in [-0.3, -0.25) is 29.3 Å². The highest BCUT2D eigenvalue weighted by Gasteiger charge is 2.77. The third-order valence-corrected chi connectivity index (χ3v) is 11.3. The van der Waals surface area contributed by atoms with Crippen molar-refractivity contribution in [1.29, 1.82) is 0 Å². The summed E-state index contributed by atoms with van der Waals surface area (Å²) in [7, 11) is 0. The zero-order valence-electron chi connectivity index (χ0n) is 24.6. The maximum absolute atomic E-state index is 15.1. The number of benzene rings is 3. The van der Waals surface area contributed by atoms with Crippen LogP contribution in [-0.4, -0.2) is 43.4 Å². The fourth-order valence-corrected chi connectivity index (χ4v) is 8.60. The van der Waals surface area contributed by atoms with E-state index in [-0.39, 0.29) is 17.7 Å². The lowest BCUT2D eigenvalue weighted by atomic mass is 9.56. The van der Waals surface area contributed by atoms with E-state index >= 15 is 8.78 Å². The van der Waals surface area contributed by atoms with Crippen molar-refractivity contribution in [2.45, 2.75) is 28.5 Å². The normalized spacial score (nSPS) is 28.8. The number of aromatic hydroxyl groups is 1. The molecule has 3 aromatic carbocycles. The maximum atomic E-state index is 15.1. The number of fused-ring (bicyclic) bond motifs is 4. The van der Waals surface area contributed by atoms with E-state index in [0.29, 0.717) is 4.90 Å². The minimum atomic E-state index is -2.96. The zero-order valence-corrected chi connectivity index (χ0v) is 26.1. The molecule has 4 aliphatic rings. The average Bonchev–Trinajstić information content (AvgIpc) is 3.42. The molecule has 2 heterocycles. The van der Waals surface area contributed by atoms with Crippen LogP contribution >= 0.6 is 23.2 Å². The van der Waals surface area contributed by atoms with Gasteiger partial charge in [0.15, 0.2) is 44.6 Å². The molecule has 2 aliphatic carbocycles. The van der Waals surface area contributed by atoms with Gasteiger partial charge in [0, 0.05) is 23.6 Å². The Kier molecular flexibility index (Phi) is 7.39. The molecule has 1 N–H and O–H groups in total. The van der Waals surface area contributed by atoms with Crippen LogP contribution in [0.4, 0.5) is 43.4 Å². The van der Waals surface area contributed by atoms with E-state index in [1.54, 1.807) is 0 Å². The molecular weight excluding hydrogens is 723 g/mol. The molecule has 3 aromatic rings. The van der Waals surface area contributed by atoms with Crippen LogP contribution in [-0.2, 0) is 19.2 Å². The van der Waals surface area contributed by atoms with E-state index in [2.05, 4.69) is 0 Å². The number of para-hydroxylation sites is 1. The molecule has 0 radical (unpaired) electrons. The first-order valence-corrected chi connectivity index (χ1v) is 15.3. The highest BCUT2D eigenvalue weighted by atomic mass is 35.5. The summed E-state index contributed by atoms with van der Waals surface area (Å²) in [5.41, 5.74) is -3.14. The van der Waals surface area contributed by atoms with Gasteiger partial charge in [0.1, 0.15) is 5.69 Å². The number of nitro groups is 1. The Labute approximate surface area is 285 Å². The quantitative estimate of drug-likeness (QED) is 0.0514. The van der Waals surface area contributed by atoms with Crippen molar-refractivity contribution in [3.05, 3.63) is 105 Å². The number of rotatable bonds is 4. The van der Waals surface area contributed by atoms with Gasteiger partial charge in [-0.05, 0) is 30.9 Å². The van der Waals surface area contributed by atoms with Gasteiger partial charge in [-0.2, -0.15) is 0 Å². The first-order chi connectivity index (χ1) is 23.5. The summed E-state index contributed by atoms with van der Waals surface area (Å²) in [6.45, 7) is 0. The number of nitro benzene ring substituents is 1. The number of imide groups is 2. The summed E-state index contributed by atoms with van der Waals surface area (Å²) < 4.78 is 87.8. The van der Waals surface area contributed by atoms with E-state index in [4.69, 9.17) is 23.2 Å². The Morgan fingerprint density at radius 2 is 1.44 bits per heavy atom. The molecule has 18 heteroatoms. The Morgan fingerprint density at radius 3 is 2.08 bits per heavy atom. The van der Waals surface area contributed by atoms with Crippen molar-refractivity contribution in [1.82, 2.24) is 0 Å². The summed E-state index contributed by atoms with van der Waals surface area (Å²) in [4.78, 5) is 61.3. The molecule has 0 spiro atoms. The Morgan fingerprint density at radius 1 is 0.820 bits per heavy atom. The van der Waals surface area contributed by atoms with Gasteiger partial charge in [-0.15, -0.1) is 23.2 Å². The number of carbonyl (C=O) groups is 4. The second-order valence-corrected chi connectivity index (χ2v) is 13.4. The second kappa shape index (κ2) is 11.0. The van der Waals surface area contributed by atoms with Gasteiger partial charge in [-0.1, -0.05) is 29.8 Å². The van der Waals surface area contributed by atoms with Crippen molar-refractivity contribution < 1.29 is 55.6 Å². The number of non-ortho nitro benzene ring substituents is 1. The van der Waals surface area contributed by atoms with E-state index in [1.807, 2.05) is 0 Å².